The average molecular weight is 248 g/mol. The van der Waals surface area contributed by atoms with Gasteiger partial charge >= 0.3 is 21.6 Å². The molecular formula is C3H6O9P2. The average Bonchev–Trinajstić information content (AvgIpc) is 1.78. The van der Waals surface area contributed by atoms with Crippen LogP contribution in [0.5, 0.6) is 0 Å². The Bertz CT molecular complexity index is 338. The zero-order valence-corrected chi connectivity index (χ0v) is 8.22. The molecule has 0 spiro atoms. The lowest BCUT2D eigenvalue weighted by Gasteiger charge is -2.12. The fourth-order valence-electron chi connectivity index (χ4n) is 0.329. The van der Waals surface area contributed by atoms with Gasteiger partial charge in [0.25, 0.3) is 0 Å². The standard InChI is InChI=1S/C3H6O9P2/c1-2(3(4)5)11-14(9,10)12-13(6,7)8/h1H2,(H,4,5)(H,9,10)(H2,6,7,8). The number of hydrogen-bond donors (Lipinski definition) is 4. The molecule has 4 N–H and O–H groups in total. The van der Waals surface area contributed by atoms with Crippen LogP contribution in [0.2, 0.25) is 0 Å². The Kier molecular flexibility index (Phi) is 4.01. The van der Waals surface area contributed by atoms with Crippen LogP contribution in [0, 0.1) is 0 Å². The Morgan fingerprint density at radius 1 is 1.21 bits per heavy atom. The predicted octanol–water partition coefficient (Wildman–Crippen LogP) is -0.189. The van der Waals surface area contributed by atoms with Gasteiger partial charge in [-0.3, -0.25) is 4.89 Å². The lowest BCUT2D eigenvalue weighted by atomic mass is 10.6. The molecule has 14 heavy (non-hydrogen) atoms. The zero-order chi connectivity index (χ0) is 11.6. The van der Waals surface area contributed by atoms with E-state index in [2.05, 4.69) is 15.4 Å². The quantitative estimate of drug-likeness (QED) is 0.294. The number of rotatable bonds is 5. The van der Waals surface area contributed by atoms with Gasteiger partial charge in [-0.25, -0.2) is 13.9 Å². The summed E-state index contributed by atoms with van der Waals surface area (Å²) in [6.07, 6.45) is 0. The molecule has 82 valence electrons. The number of phosphoric ester groups is 1. The Balaban J connectivity index is 4.52. The SMILES string of the molecule is C=C(OP(=O)(O)OP(=O)(O)O)C(=O)O. The van der Waals surface area contributed by atoms with Gasteiger partial charge in [0, 0.05) is 0 Å². The lowest BCUT2D eigenvalue weighted by molar-refractivity contribution is -0.135. The summed E-state index contributed by atoms with van der Waals surface area (Å²) in [6.45, 7) is 2.68. The van der Waals surface area contributed by atoms with Crippen LogP contribution in [0.25, 0.3) is 0 Å². The van der Waals surface area contributed by atoms with Gasteiger partial charge < -0.3 is 19.4 Å². The molecule has 0 fully saturated rings. The lowest BCUT2D eigenvalue weighted by Crippen LogP contribution is -2.03. The molecule has 11 heteroatoms. The van der Waals surface area contributed by atoms with Crippen molar-refractivity contribution in [2.24, 2.45) is 0 Å². The first-order valence-corrected chi connectivity index (χ1v) is 5.77. The second-order valence-corrected chi connectivity index (χ2v) is 4.61. The number of hydrogen-bond acceptors (Lipinski definition) is 5. The molecule has 9 nitrogen and oxygen atoms in total. The van der Waals surface area contributed by atoms with Crippen LogP contribution in [0.15, 0.2) is 12.3 Å². The molecule has 0 aromatic carbocycles. The summed E-state index contributed by atoms with van der Waals surface area (Å²) in [6, 6.07) is 0. The van der Waals surface area contributed by atoms with Crippen molar-refractivity contribution in [3.8, 4) is 0 Å². The largest absolute Gasteiger partial charge is 0.536 e. The summed E-state index contributed by atoms with van der Waals surface area (Å²) >= 11 is 0. The van der Waals surface area contributed by atoms with E-state index in [9.17, 15) is 13.9 Å². The fraction of sp³-hybridized carbons (Fsp3) is 0. The summed E-state index contributed by atoms with van der Waals surface area (Å²) < 4.78 is 27.7. The summed E-state index contributed by atoms with van der Waals surface area (Å²) in [7, 11) is -10.4. The fourth-order valence-corrected chi connectivity index (χ4v) is 1.89. The predicted molar refractivity (Wildman–Crippen MR) is 40.8 cm³/mol. The number of carbonyl (C=O) groups is 1. The van der Waals surface area contributed by atoms with Gasteiger partial charge in [0.05, 0.1) is 0 Å². The smallest absolute Gasteiger partial charge is 0.475 e. The van der Waals surface area contributed by atoms with Crippen LogP contribution >= 0.6 is 15.6 Å². The molecule has 0 saturated heterocycles. The highest BCUT2D eigenvalue weighted by atomic mass is 31.3. The van der Waals surface area contributed by atoms with E-state index >= 15 is 0 Å². The molecule has 1 unspecified atom stereocenters. The highest BCUT2D eigenvalue weighted by molar-refractivity contribution is 7.60. The van der Waals surface area contributed by atoms with Gasteiger partial charge in [-0.05, 0) is 6.58 Å². The molecule has 0 aromatic rings. The highest BCUT2D eigenvalue weighted by Crippen LogP contribution is 2.58. The van der Waals surface area contributed by atoms with Gasteiger partial charge in [0.1, 0.15) is 0 Å². The molecule has 1 atom stereocenters. The number of carboxylic acid groups (broad SMARTS) is 1. The van der Waals surface area contributed by atoms with Gasteiger partial charge in [-0.15, -0.1) is 0 Å². The van der Waals surface area contributed by atoms with Crippen LogP contribution < -0.4 is 0 Å². The van der Waals surface area contributed by atoms with Crippen LogP contribution in [0.4, 0.5) is 0 Å². The topological polar surface area (TPSA) is 151 Å². The van der Waals surface area contributed by atoms with Crippen LogP contribution in [-0.2, 0) is 22.8 Å². The van der Waals surface area contributed by atoms with Crippen LogP contribution in [0.3, 0.4) is 0 Å². The van der Waals surface area contributed by atoms with Crippen molar-refractivity contribution in [2.75, 3.05) is 0 Å². The minimum Gasteiger partial charge on any atom is -0.475 e. The molecule has 0 aliphatic carbocycles. The molecule has 0 radical (unpaired) electrons. The first kappa shape index (κ1) is 13.3. The highest BCUT2D eigenvalue weighted by Gasteiger charge is 2.35. The molecular weight excluding hydrogens is 242 g/mol. The van der Waals surface area contributed by atoms with Gasteiger partial charge in [0.15, 0.2) is 0 Å². The summed E-state index contributed by atoms with van der Waals surface area (Å²) in [4.78, 5) is 34.8. The van der Waals surface area contributed by atoms with E-state index in [4.69, 9.17) is 19.8 Å². The van der Waals surface area contributed by atoms with Crippen molar-refractivity contribution in [3.05, 3.63) is 12.3 Å². The third kappa shape index (κ3) is 5.87. The zero-order valence-electron chi connectivity index (χ0n) is 6.43. The monoisotopic (exact) mass is 248 g/mol. The van der Waals surface area contributed by atoms with E-state index in [1.54, 1.807) is 0 Å². The molecule has 0 rings (SSSR count). The second kappa shape index (κ2) is 4.22. The molecule has 0 heterocycles. The minimum absolute atomic E-state index is 1.18. The summed E-state index contributed by atoms with van der Waals surface area (Å²) in [5.74, 6) is -2.95. The Morgan fingerprint density at radius 3 is 1.93 bits per heavy atom. The maximum Gasteiger partial charge on any atom is 0.536 e. The molecule has 0 bridgehead atoms. The van der Waals surface area contributed by atoms with E-state index in [-0.39, 0.29) is 0 Å². The van der Waals surface area contributed by atoms with Crippen molar-refractivity contribution in [1.29, 1.82) is 0 Å². The number of aliphatic carboxylic acids is 1. The van der Waals surface area contributed by atoms with E-state index in [0.29, 0.717) is 0 Å². The van der Waals surface area contributed by atoms with Gasteiger partial charge in [0.2, 0.25) is 5.76 Å². The van der Waals surface area contributed by atoms with Crippen molar-refractivity contribution < 1.29 is 42.5 Å². The van der Waals surface area contributed by atoms with Crippen molar-refractivity contribution >= 4 is 21.6 Å². The first-order valence-electron chi connectivity index (χ1n) is 2.75. The Labute approximate surface area is 77.4 Å². The Morgan fingerprint density at radius 2 is 1.64 bits per heavy atom. The van der Waals surface area contributed by atoms with Crippen molar-refractivity contribution in [2.45, 2.75) is 0 Å². The van der Waals surface area contributed by atoms with E-state index in [1.165, 1.54) is 0 Å². The second-order valence-electron chi connectivity index (χ2n) is 1.86. The third-order valence-corrected chi connectivity index (χ3v) is 2.80. The van der Waals surface area contributed by atoms with Gasteiger partial charge in [-0.1, -0.05) is 0 Å². The van der Waals surface area contributed by atoms with Crippen molar-refractivity contribution in [3.63, 3.8) is 0 Å². The first-order chi connectivity index (χ1) is 6.03. The van der Waals surface area contributed by atoms with E-state index < -0.39 is 27.4 Å². The Hall–Kier alpha value is -0.690. The molecule has 0 amide bonds. The molecule has 0 aliphatic heterocycles. The van der Waals surface area contributed by atoms with Gasteiger partial charge in [-0.2, -0.15) is 4.31 Å². The number of carboxylic acids is 1. The van der Waals surface area contributed by atoms with Crippen molar-refractivity contribution in [1.82, 2.24) is 0 Å². The number of phosphoric acid groups is 2. The minimum atomic E-state index is -5.25. The molecule has 0 saturated carbocycles. The maximum absolute atomic E-state index is 10.6. The maximum atomic E-state index is 10.6. The third-order valence-electron chi connectivity index (χ3n) is 0.674. The summed E-state index contributed by atoms with van der Waals surface area (Å²) in [5, 5.41) is 8.14. The summed E-state index contributed by atoms with van der Waals surface area (Å²) in [5.41, 5.74) is 0. The van der Waals surface area contributed by atoms with Crippen LogP contribution in [0.1, 0.15) is 0 Å². The normalized spacial score (nSPS) is 15.6. The van der Waals surface area contributed by atoms with Crippen LogP contribution in [-0.4, -0.2) is 25.8 Å². The molecule has 0 aromatic heterocycles. The van der Waals surface area contributed by atoms with E-state index in [0.717, 1.165) is 0 Å². The van der Waals surface area contributed by atoms with E-state index in [1.807, 2.05) is 0 Å². The molecule has 0 aliphatic rings.